The summed E-state index contributed by atoms with van der Waals surface area (Å²) < 4.78 is 78.7. The summed E-state index contributed by atoms with van der Waals surface area (Å²) >= 11 is 1.01. The lowest BCUT2D eigenvalue weighted by Crippen LogP contribution is -2.36. The predicted molar refractivity (Wildman–Crippen MR) is 103 cm³/mol. The molecule has 2 heterocycles. The van der Waals surface area contributed by atoms with Crippen LogP contribution in [0.25, 0.3) is 0 Å². The van der Waals surface area contributed by atoms with E-state index in [0.717, 1.165) is 17.8 Å². The smallest absolute Gasteiger partial charge is 0.323 e. The van der Waals surface area contributed by atoms with Crippen LogP contribution in [0, 0.1) is 11.8 Å². The molecule has 2 aliphatic heterocycles. The molecule has 3 N–H and O–H groups in total. The lowest BCUT2D eigenvalue weighted by molar-refractivity contribution is -0.143. The van der Waals surface area contributed by atoms with Gasteiger partial charge in [0, 0.05) is 38.1 Å². The number of carbonyl (C=O) groups excluding carboxylic acids is 1. The van der Waals surface area contributed by atoms with Crippen molar-refractivity contribution in [2.45, 2.75) is 24.4 Å². The third-order valence-corrected chi connectivity index (χ3v) is 6.77. The molecule has 12 heteroatoms. The van der Waals surface area contributed by atoms with Crippen LogP contribution in [0.15, 0.2) is 34.2 Å². The number of nitrogens with two attached hydrogens (primary N) is 1. The fourth-order valence-corrected chi connectivity index (χ4v) is 5.17. The lowest BCUT2D eigenvalue weighted by Gasteiger charge is -2.23. The van der Waals surface area contributed by atoms with Crippen LogP contribution in [0.5, 0.6) is 0 Å². The van der Waals surface area contributed by atoms with E-state index in [1.54, 1.807) is 11.9 Å². The maximum absolute atomic E-state index is 13.4. The summed E-state index contributed by atoms with van der Waals surface area (Å²) in [4.78, 5) is 17.9. The quantitative estimate of drug-likeness (QED) is 0.667. The molecule has 3 aliphatic rings. The molecule has 2 saturated heterocycles. The standard InChI is InChI=1S/C19H18F6N4OS/c1-27-15-14(31-16(30)28-15)5-12-13-7-29(8-17(12,13)26)6-9-2-3-10(18(20,21)22)4-11(9)19(23,24)25/h2-5,12-13H,6-8,26H2,1H3,(H,27,28,30). The van der Waals surface area contributed by atoms with Crippen LogP contribution < -0.4 is 11.1 Å². The van der Waals surface area contributed by atoms with Crippen molar-refractivity contribution in [3.05, 3.63) is 45.9 Å². The van der Waals surface area contributed by atoms with Crippen molar-refractivity contribution < 1.29 is 31.1 Å². The van der Waals surface area contributed by atoms with Gasteiger partial charge in [-0.25, -0.2) is 0 Å². The van der Waals surface area contributed by atoms with Crippen LogP contribution in [0.3, 0.4) is 0 Å². The molecule has 0 bridgehead atoms. The summed E-state index contributed by atoms with van der Waals surface area (Å²) in [6.45, 7) is 0.561. The van der Waals surface area contributed by atoms with E-state index in [9.17, 15) is 31.1 Å². The highest BCUT2D eigenvalue weighted by Gasteiger charge is 2.65. The van der Waals surface area contributed by atoms with Crippen LogP contribution in [-0.2, 0) is 18.9 Å². The monoisotopic (exact) mass is 464 g/mol. The molecule has 0 radical (unpaired) electrons. The maximum Gasteiger partial charge on any atom is 0.416 e. The van der Waals surface area contributed by atoms with Gasteiger partial charge in [-0.3, -0.25) is 14.7 Å². The van der Waals surface area contributed by atoms with Gasteiger partial charge >= 0.3 is 12.4 Å². The van der Waals surface area contributed by atoms with Crippen molar-refractivity contribution in [2.24, 2.45) is 22.6 Å². The van der Waals surface area contributed by atoms with E-state index in [1.807, 2.05) is 6.08 Å². The zero-order valence-corrected chi connectivity index (χ0v) is 17.0. The van der Waals surface area contributed by atoms with Gasteiger partial charge in [-0.05, 0) is 35.4 Å². The number of piperidine rings is 1. The Hall–Kier alpha value is -2.05. The van der Waals surface area contributed by atoms with E-state index in [1.165, 1.54) is 0 Å². The highest BCUT2D eigenvalue weighted by Crippen LogP contribution is 2.56. The van der Waals surface area contributed by atoms with Crippen LogP contribution >= 0.6 is 11.8 Å². The number of hydrogen-bond donors (Lipinski definition) is 2. The number of amides is 1. The number of nitrogens with zero attached hydrogens (tertiary/aromatic N) is 2. The number of carbonyl (C=O) groups is 1. The molecule has 1 aliphatic carbocycles. The highest BCUT2D eigenvalue weighted by molar-refractivity contribution is 8.18. The molecule has 1 amide bonds. The van der Waals surface area contributed by atoms with Crippen LogP contribution in [0.1, 0.15) is 16.7 Å². The molecule has 0 aromatic heterocycles. The molecule has 1 aromatic carbocycles. The van der Waals surface area contributed by atoms with Crippen molar-refractivity contribution in [3.8, 4) is 0 Å². The van der Waals surface area contributed by atoms with Gasteiger partial charge in [-0.2, -0.15) is 26.3 Å². The normalized spacial score (nSPS) is 31.4. The summed E-state index contributed by atoms with van der Waals surface area (Å²) in [6.07, 6.45) is -7.89. The van der Waals surface area contributed by atoms with E-state index in [0.29, 0.717) is 29.9 Å². The first-order valence-corrected chi connectivity index (χ1v) is 10.1. The van der Waals surface area contributed by atoms with E-state index < -0.39 is 29.0 Å². The minimum absolute atomic E-state index is 0.0156. The second-order valence-electron chi connectivity index (χ2n) is 7.90. The first-order chi connectivity index (χ1) is 14.3. The van der Waals surface area contributed by atoms with Gasteiger partial charge in [0.25, 0.3) is 5.24 Å². The fraction of sp³-hybridized carbons (Fsp3) is 0.474. The Morgan fingerprint density at radius 3 is 2.55 bits per heavy atom. The molecular formula is C19H18F6N4OS. The molecule has 31 heavy (non-hydrogen) atoms. The Morgan fingerprint density at radius 1 is 1.29 bits per heavy atom. The van der Waals surface area contributed by atoms with Crippen molar-refractivity contribution in [3.63, 3.8) is 0 Å². The SMILES string of the molecule is CN=C1NC(=O)SC1=CC1C2CN(Cc3ccc(C(F)(F)F)cc3C(F)(F)F)CC12N. The van der Waals surface area contributed by atoms with Crippen LogP contribution in [-0.4, -0.2) is 41.7 Å². The van der Waals surface area contributed by atoms with Gasteiger partial charge in [0.2, 0.25) is 0 Å². The average Bonchev–Trinajstić information content (AvgIpc) is 2.94. The number of fused-ring (bicyclic) bond motifs is 1. The average molecular weight is 464 g/mol. The second kappa shape index (κ2) is 7.24. The predicted octanol–water partition coefficient (Wildman–Crippen LogP) is 3.85. The largest absolute Gasteiger partial charge is 0.416 e. The number of likely N-dealkylation sites (tertiary alicyclic amines) is 1. The lowest BCUT2D eigenvalue weighted by atomic mass is 10.0. The fourth-order valence-electron chi connectivity index (χ4n) is 4.37. The Kier molecular flexibility index (Phi) is 5.17. The first-order valence-electron chi connectivity index (χ1n) is 9.29. The van der Waals surface area contributed by atoms with E-state index in [-0.39, 0.29) is 35.2 Å². The number of thioether (sulfide) groups is 1. The summed E-state index contributed by atoms with van der Waals surface area (Å²) in [7, 11) is 1.55. The Balaban J connectivity index is 1.49. The third kappa shape index (κ3) is 4.08. The topological polar surface area (TPSA) is 70.7 Å². The van der Waals surface area contributed by atoms with Crippen molar-refractivity contribution in [1.29, 1.82) is 0 Å². The van der Waals surface area contributed by atoms with E-state index in [2.05, 4.69) is 10.3 Å². The molecule has 168 valence electrons. The zero-order chi connectivity index (χ0) is 22.8. The van der Waals surface area contributed by atoms with E-state index in [4.69, 9.17) is 5.73 Å². The minimum atomic E-state index is -4.90. The number of amidine groups is 1. The van der Waals surface area contributed by atoms with E-state index >= 15 is 0 Å². The zero-order valence-electron chi connectivity index (χ0n) is 16.1. The Labute approximate surface area is 177 Å². The van der Waals surface area contributed by atoms with Crippen molar-refractivity contribution in [1.82, 2.24) is 10.2 Å². The molecule has 4 rings (SSSR count). The molecular weight excluding hydrogens is 446 g/mol. The summed E-state index contributed by atoms with van der Waals surface area (Å²) in [5.41, 5.74) is 2.94. The molecule has 0 spiro atoms. The third-order valence-electron chi connectivity index (χ3n) is 5.94. The number of hydrogen-bond acceptors (Lipinski definition) is 5. The van der Waals surface area contributed by atoms with Crippen molar-refractivity contribution in [2.75, 3.05) is 20.1 Å². The van der Waals surface area contributed by atoms with Gasteiger partial charge in [0.05, 0.1) is 16.0 Å². The molecule has 1 aromatic rings. The number of nitrogens with one attached hydrogen (secondary N) is 1. The number of halogens is 6. The highest BCUT2D eigenvalue weighted by atomic mass is 32.2. The molecule has 3 atom stereocenters. The number of aliphatic imine (C=N–C) groups is 1. The van der Waals surface area contributed by atoms with Gasteiger partial charge in [0.15, 0.2) is 0 Å². The molecule has 3 unspecified atom stereocenters. The van der Waals surface area contributed by atoms with Gasteiger partial charge < -0.3 is 11.1 Å². The molecule has 3 fully saturated rings. The number of alkyl halides is 6. The summed E-state index contributed by atoms with van der Waals surface area (Å²) in [5.74, 6) is 0.392. The molecule has 1 saturated carbocycles. The van der Waals surface area contributed by atoms with Gasteiger partial charge in [-0.15, -0.1) is 0 Å². The van der Waals surface area contributed by atoms with Crippen LogP contribution in [0.4, 0.5) is 31.1 Å². The van der Waals surface area contributed by atoms with Gasteiger partial charge in [-0.1, -0.05) is 12.1 Å². The number of benzene rings is 1. The summed E-state index contributed by atoms with van der Waals surface area (Å²) in [5, 5.41) is 2.37. The van der Waals surface area contributed by atoms with Gasteiger partial charge in [0.1, 0.15) is 5.84 Å². The number of rotatable bonds is 3. The maximum atomic E-state index is 13.4. The summed E-state index contributed by atoms with van der Waals surface area (Å²) in [6, 6.07) is 1.71. The first kappa shape index (κ1) is 22.2. The second-order valence-corrected chi connectivity index (χ2v) is 8.91. The Bertz CT molecular complexity index is 989. The minimum Gasteiger partial charge on any atom is -0.323 e. The molecule has 5 nitrogen and oxygen atoms in total. The van der Waals surface area contributed by atoms with Crippen molar-refractivity contribution >= 4 is 22.8 Å². The Morgan fingerprint density at radius 2 is 2.00 bits per heavy atom. The van der Waals surface area contributed by atoms with Crippen LogP contribution in [0.2, 0.25) is 0 Å².